The second-order valence-corrected chi connectivity index (χ2v) is 5.54. The Hall–Kier alpha value is -1.26. The molecule has 1 N–H and O–H groups in total. The molecule has 0 radical (unpaired) electrons. The van der Waals surface area contributed by atoms with Crippen molar-refractivity contribution in [3.63, 3.8) is 0 Å². The van der Waals surface area contributed by atoms with E-state index in [1.165, 1.54) is 0 Å². The standard InChI is InChI=1S/C8H3F13O3S/c9-3(10,1-2-25(22,23)24)4(11,12)5(13,14)6(15,16)7(17,18)8(19,20)21/h1-2H,(H,22,23,24)/b2-1+. The van der Waals surface area contributed by atoms with Crippen molar-refractivity contribution in [2.45, 2.75) is 35.8 Å². The van der Waals surface area contributed by atoms with Crippen molar-refractivity contribution in [2.75, 3.05) is 0 Å². The topological polar surface area (TPSA) is 54.4 Å². The van der Waals surface area contributed by atoms with Gasteiger partial charge in [0.05, 0.1) is 5.41 Å². The van der Waals surface area contributed by atoms with Crippen LogP contribution in [0.4, 0.5) is 57.1 Å². The van der Waals surface area contributed by atoms with E-state index in [0.717, 1.165) is 0 Å². The molecule has 0 bridgehead atoms. The molecular weight excluding hydrogens is 423 g/mol. The summed E-state index contributed by atoms with van der Waals surface area (Å²) >= 11 is 0. The van der Waals surface area contributed by atoms with Crippen molar-refractivity contribution in [3.05, 3.63) is 11.5 Å². The first-order valence-electron chi connectivity index (χ1n) is 5.08. The van der Waals surface area contributed by atoms with E-state index in [1.54, 1.807) is 0 Å². The molecule has 0 aromatic heterocycles. The average Bonchev–Trinajstić information content (AvgIpc) is 2.33. The lowest BCUT2D eigenvalue weighted by Crippen LogP contribution is -2.69. The number of alkyl halides is 13. The lowest BCUT2D eigenvalue weighted by atomic mass is 9.94. The summed E-state index contributed by atoms with van der Waals surface area (Å²) < 4.78 is 191. The third-order valence-electron chi connectivity index (χ3n) is 2.41. The third kappa shape index (κ3) is 3.80. The SMILES string of the molecule is O=S(=O)(O)/C=C/C(F)(F)C(F)(F)C(F)(F)C(F)(F)C(F)(F)C(F)(F)F. The predicted octanol–water partition coefficient (Wildman–Crippen LogP) is 4.13. The molecule has 0 heterocycles. The number of hydrogen-bond acceptors (Lipinski definition) is 2. The normalized spacial score (nSPS) is 16.6. The van der Waals surface area contributed by atoms with Gasteiger partial charge in [-0.05, 0) is 0 Å². The first-order valence-corrected chi connectivity index (χ1v) is 6.58. The summed E-state index contributed by atoms with van der Waals surface area (Å²) in [6, 6.07) is 0. The van der Waals surface area contributed by atoms with Gasteiger partial charge in [0.2, 0.25) is 0 Å². The summed E-state index contributed by atoms with van der Waals surface area (Å²) in [5, 5.41) is -1.29. The summed E-state index contributed by atoms with van der Waals surface area (Å²) in [4.78, 5) is 0. The summed E-state index contributed by atoms with van der Waals surface area (Å²) in [7, 11) is -5.70. The Morgan fingerprint density at radius 2 is 0.920 bits per heavy atom. The van der Waals surface area contributed by atoms with Crippen molar-refractivity contribution >= 4 is 10.1 Å². The van der Waals surface area contributed by atoms with E-state index in [-0.39, 0.29) is 0 Å². The van der Waals surface area contributed by atoms with Crippen molar-refractivity contribution in [2.24, 2.45) is 0 Å². The second-order valence-electron chi connectivity index (χ2n) is 4.24. The maximum absolute atomic E-state index is 13.0. The second kappa shape index (κ2) is 5.88. The fraction of sp³-hybridized carbons (Fsp3) is 0.750. The summed E-state index contributed by atoms with van der Waals surface area (Å²) in [5.74, 6) is -38.3. The van der Waals surface area contributed by atoms with Crippen LogP contribution < -0.4 is 0 Å². The first kappa shape index (κ1) is 23.7. The molecular formula is C8H3F13O3S. The molecule has 0 aliphatic heterocycles. The Balaban J connectivity index is 6.34. The fourth-order valence-corrected chi connectivity index (χ4v) is 1.40. The smallest absolute Gasteiger partial charge is 0.282 e. The molecule has 0 aliphatic rings. The van der Waals surface area contributed by atoms with E-state index >= 15 is 0 Å². The molecule has 0 aliphatic carbocycles. The van der Waals surface area contributed by atoms with Gasteiger partial charge in [-0.1, -0.05) is 0 Å². The minimum Gasteiger partial charge on any atom is -0.282 e. The van der Waals surface area contributed by atoms with Crippen LogP contribution in [0, 0.1) is 0 Å². The lowest BCUT2D eigenvalue weighted by molar-refractivity contribution is -0.436. The summed E-state index contributed by atoms with van der Waals surface area (Å²) in [6.45, 7) is 0. The molecule has 0 unspecified atom stereocenters. The molecule has 0 rings (SSSR count). The van der Waals surface area contributed by atoms with Gasteiger partial charge in [-0.15, -0.1) is 0 Å². The molecule has 0 amide bonds. The van der Waals surface area contributed by atoms with Crippen LogP contribution in [0.1, 0.15) is 0 Å². The monoisotopic (exact) mass is 426 g/mol. The van der Waals surface area contributed by atoms with E-state index in [2.05, 4.69) is 0 Å². The highest BCUT2D eigenvalue weighted by Gasteiger charge is 2.90. The molecule has 0 saturated heterocycles. The van der Waals surface area contributed by atoms with E-state index in [9.17, 15) is 65.5 Å². The van der Waals surface area contributed by atoms with Gasteiger partial charge in [0, 0.05) is 6.08 Å². The minimum absolute atomic E-state index is 1.29. The molecule has 0 aromatic rings. The van der Waals surface area contributed by atoms with Crippen molar-refractivity contribution in [1.29, 1.82) is 0 Å². The van der Waals surface area contributed by atoms with Gasteiger partial charge in [-0.25, -0.2) is 0 Å². The van der Waals surface area contributed by atoms with Crippen LogP contribution in [0.2, 0.25) is 0 Å². The van der Waals surface area contributed by atoms with E-state index < -0.39 is 57.4 Å². The van der Waals surface area contributed by atoms with Crippen LogP contribution in [0.25, 0.3) is 0 Å². The van der Waals surface area contributed by atoms with Gasteiger partial charge < -0.3 is 0 Å². The number of allylic oxidation sites excluding steroid dienone is 1. The van der Waals surface area contributed by atoms with Gasteiger partial charge in [-0.2, -0.15) is 65.5 Å². The van der Waals surface area contributed by atoms with Crippen molar-refractivity contribution < 1.29 is 70.0 Å². The molecule has 0 fully saturated rings. The highest BCUT2D eigenvalue weighted by molar-refractivity contribution is 7.88. The summed E-state index contributed by atoms with van der Waals surface area (Å²) in [6.07, 6.45) is -9.33. The van der Waals surface area contributed by atoms with Crippen LogP contribution in [-0.2, 0) is 10.1 Å². The summed E-state index contributed by atoms with van der Waals surface area (Å²) in [5.41, 5.74) is 0. The number of hydrogen-bond donors (Lipinski definition) is 1. The van der Waals surface area contributed by atoms with Gasteiger partial charge in [0.25, 0.3) is 10.1 Å². The van der Waals surface area contributed by atoms with E-state index in [4.69, 9.17) is 4.55 Å². The van der Waals surface area contributed by atoms with E-state index in [0.29, 0.717) is 0 Å². The first-order chi connectivity index (χ1) is 10.5. The zero-order valence-electron chi connectivity index (χ0n) is 10.7. The largest absolute Gasteiger partial charge is 0.460 e. The molecule has 150 valence electrons. The van der Waals surface area contributed by atoms with Crippen LogP contribution >= 0.6 is 0 Å². The van der Waals surface area contributed by atoms with Gasteiger partial charge in [0.15, 0.2) is 0 Å². The predicted molar refractivity (Wildman–Crippen MR) is 51.5 cm³/mol. The van der Waals surface area contributed by atoms with Crippen LogP contribution in [-0.4, -0.2) is 48.8 Å². The molecule has 0 saturated carbocycles. The van der Waals surface area contributed by atoms with Crippen LogP contribution in [0.5, 0.6) is 0 Å². The highest BCUT2D eigenvalue weighted by Crippen LogP contribution is 2.60. The quantitative estimate of drug-likeness (QED) is 0.514. The molecule has 3 nitrogen and oxygen atoms in total. The lowest BCUT2D eigenvalue weighted by Gasteiger charge is -2.39. The Bertz CT molecular complexity index is 630. The molecule has 17 heteroatoms. The van der Waals surface area contributed by atoms with Gasteiger partial charge in [-0.3, -0.25) is 4.55 Å². The average molecular weight is 426 g/mol. The molecule has 0 spiro atoms. The van der Waals surface area contributed by atoms with Gasteiger partial charge in [0.1, 0.15) is 0 Å². The zero-order chi connectivity index (χ0) is 20.9. The van der Waals surface area contributed by atoms with Crippen LogP contribution in [0.15, 0.2) is 11.5 Å². The number of halogens is 13. The zero-order valence-corrected chi connectivity index (χ0v) is 11.6. The molecule has 0 aromatic carbocycles. The number of rotatable bonds is 6. The fourth-order valence-electron chi connectivity index (χ4n) is 1.06. The van der Waals surface area contributed by atoms with E-state index in [1.807, 2.05) is 0 Å². The van der Waals surface area contributed by atoms with Gasteiger partial charge >= 0.3 is 35.8 Å². The maximum atomic E-state index is 13.0. The molecule has 25 heavy (non-hydrogen) atoms. The maximum Gasteiger partial charge on any atom is 0.460 e. The van der Waals surface area contributed by atoms with Crippen LogP contribution in [0.3, 0.4) is 0 Å². The van der Waals surface area contributed by atoms with Crippen molar-refractivity contribution in [3.8, 4) is 0 Å². The Kier molecular flexibility index (Phi) is 5.59. The van der Waals surface area contributed by atoms with Crippen molar-refractivity contribution in [1.82, 2.24) is 0 Å². The Labute approximate surface area is 128 Å². The molecule has 0 atom stereocenters. The minimum atomic E-state index is -8.07. The third-order valence-corrected chi connectivity index (χ3v) is 2.89. The Morgan fingerprint density at radius 3 is 1.20 bits per heavy atom. The Morgan fingerprint density at radius 1 is 0.600 bits per heavy atom. The highest BCUT2D eigenvalue weighted by atomic mass is 32.2.